The summed E-state index contributed by atoms with van der Waals surface area (Å²) in [5.41, 5.74) is 2.99. The molecule has 2 aromatic carbocycles. The van der Waals surface area contributed by atoms with Gasteiger partial charge in [-0.05, 0) is 54.7 Å². The summed E-state index contributed by atoms with van der Waals surface area (Å²) in [7, 11) is 0. The summed E-state index contributed by atoms with van der Waals surface area (Å²) >= 11 is 0. The zero-order valence-corrected chi connectivity index (χ0v) is 13.9. The zero-order valence-electron chi connectivity index (χ0n) is 13.9. The Morgan fingerprint density at radius 2 is 1.75 bits per heavy atom. The van der Waals surface area contributed by atoms with Crippen LogP contribution in [0.15, 0.2) is 36.4 Å². The summed E-state index contributed by atoms with van der Waals surface area (Å²) in [5.74, 6) is -1.63. The third-order valence-corrected chi connectivity index (χ3v) is 4.01. The van der Waals surface area contributed by atoms with E-state index in [1.54, 1.807) is 25.1 Å². The van der Waals surface area contributed by atoms with Crippen LogP contribution in [0.1, 0.15) is 46.3 Å². The molecule has 2 N–H and O–H groups in total. The lowest BCUT2D eigenvalue weighted by molar-refractivity contribution is -0.116. The van der Waals surface area contributed by atoms with Gasteiger partial charge in [0.2, 0.25) is 5.91 Å². The molecule has 0 spiro atoms. The monoisotopic (exact) mass is 329 g/mol. The van der Waals surface area contributed by atoms with E-state index >= 15 is 0 Å². The molecule has 2 rings (SSSR count). The van der Waals surface area contributed by atoms with Crippen molar-refractivity contribution in [3.63, 3.8) is 0 Å². The highest BCUT2D eigenvalue weighted by Gasteiger charge is 2.15. The second-order valence-electron chi connectivity index (χ2n) is 5.99. The first kappa shape index (κ1) is 17.7. The number of carboxylic acid groups (broad SMARTS) is 1. The molecule has 0 aliphatic rings. The predicted octanol–water partition coefficient (Wildman–Crippen LogP) is 4.27. The molecule has 0 heterocycles. The molecular formula is C19H20FNO3. The molecule has 0 radical (unpaired) electrons. The van der Waals surface area contributed by atoms with Gasteiger partial charge < -0.3 is 10.4 Å². The summed E-state index contributed by atoms with van der Waals surface area (Å²) in [6, 6.07) is 9.27. The second kappa shape index (κ2) is 7.25. The first-order chi connectivity index (χ1) is 11.3. The van der Waals surface area contributed by atoms with E-state index in [4.69, 9.17) is 0 Å². The second-order valence-corrected chi connectivity index (χ2v) is 5.99. The Balaban J connectivity index is 2.10. The van der Waals surface area contributed by atoms with Crippen molar-refractivity contribution in [2.45, 2.75) is 33.1 Å². The maximum Gasteiger partial charge on any atom is 0.336 e. The van der Waals surface area contributed by atoms with Crippen molar-refractivity contribution in [3.8, 4) is 0 Å². The summed E-state index contributed by atoms with van der Waals surface area (Å²) in [4.78, 5) is 23.5. The van der Waals surface area contributed by atoms with Gasteiger partial charge in [-0.2, -0.15) is 0 Å². The average Bonchev–Trinajstić information content (AvgIpc) is 2.50. The van der Waals surface area contributed by atoms with E-state index in [0.717, 1.165) is 11.1 Å². The maximum absolute atomic E-state index is 13.0. The van der Waals surface area contributed by atoms with Crippen molar-refractivity contribution in [1.82, 2.24) is 0 Å². The minimum Gasteiger partial charge on any atom is -0.478 e. The van der Waals surface area contributed by atoms with Crippen LogP contribution in [0.25, 0.3) is 0 Å². The van der Waals surface area contributed by atoms with Gasteiger partial charge in [-0.3, -0.25) is 4.79 Å². The number of halogens is 1. The molecular weight excluding hydrogens is 309 g/mol. The molecule has 0 saturated heterocycles. The standard InChI is InChI=1S/C19H20FNO3/c1-11(14-4-6-15(20)7-5-14)9-18(22)21-17-10-16(19(23)24)12(2)8-13(17)3/h4-8,10-11H,9H2,1-3H3,(H,21,22)(H,23,24). The fourth-order valence-electron chi connectivity index (χ4n) is 2.61. The molecule has 1 atom stereocenters. The summed E-state index contributed by atoms with van der Waals surface area (Å²) in [6.07, 6.45) is 0.224. The van der Waals surface area contributed by atoms with E-state index < -0.39 is 5.97 Å². The summed E-state index contributed by atoms with van der Waals surface area (Å²) in [5, 5.41) is 12.0. The topological polar surface area (TPSA) is 66.4 Å². The van der Waals surface area contributed by atoms with Gasteiger partial charge in [-0.1, -0.05) is 25.1 Å². The van der Waals surface area contributed by atoms with Gasteiger partial charge in [-0.25, -0.2) is 9.18 Å². The first-order valence-corrected chi connectivity index (χ1v) is 7.67. The number of rotatable bonds is 5. The number of anilines is 1. The number of nitrogens with one attached hydrogen (secondary N) is 1. The fraction of sp³-hybridized carbons (Fsp3) is 0.263. The van der Waals surface area contributed by atoms with Gasteiger partial charge in [0.1, 0.15) is 5.82 Å². The van der Waals surface area contributed by atoms with Crippen molar-refractivity contribution in [2.75, 3.05) is 5.32 Å². The van der Waals surface area contributed by atoms with Gasteiger partial charge >= 0.3 is 5.97 Å². The van der Waals surface area contributed by atoms with Gasteiger partial charge in [-0.15, -0.1) is 0 Å². The van der Waals surface area contributed by atoms with Crippen molar-refractivity contribution >= 4 is 17.6 Å². The molecule has 2 aromatic rings. The van der Waals surface area contributed by atoms with Crippen LogP contribution in [0.5, 0.6) is 0 Å². The van der Waals surface area contributed by atoms with Crippen LogP contribution in [0.3, 0.4) is 0 Å². The largest absolute Gasteiger partial charge is 0.478 e. The minimum absolute atomic E-state index is 0.0738. The molecule has 0 aliphatic heterocycles. The normalized spacial score (nSPS) is 11.8. The van der Waals surface area contributed by atoms with E-state index in [1.807, 2.05) is 13.8 Å². The highest BCUT2D eigenvalue weighted by Crippen LogP contribution is 2.23. The number of carbonyl (C=O) groups is 2. The fourth-order valence-corrected chi connectivity index (χ4v) is 2.61. The number of carbonyl (C=O) groups excluding carboxylic acids is 1. The Morgan fingerprint density at radius 1 is 1.12 bits per heavy atom. The van der Waals surface area contributed by atoms with Crippen LogP contribution in [-0.2, 0) is 4.79 Å². The maximum atomic E-state index is 13.0. The minimum atomic E-state index is -1.03. The SMILES string of the molecule is Cc1cc(C)c(C(=O)O)cc1NC(=O)CC(C)c1ccc(F)cc1. The molecule has 0 aliphatic carbocycles. The Morgan fingerprint density at radius 3 is 2.33 bits per heavy atom. The van der Waals surface area contributed by atoms with E-state index in [9.17, 15) is 19.1 Å². The number of amides is 1. The molecule has 4 nitrogen and oxygen atoms in total. The van der Waals surface area contributed by atoms with Crippen LogP contribution in [0.2, 0.25) is 0 Å². The van der Waals surface area contributed by atoms with Crippen molar-refractivity contribution < 1.29 is 19.1 Å². The van der Waals surface area contributed by atoms with E-state index in [2.05, 4.69) is 5.32 Å². The van der Waals surface area contributed by atoms with Crippen LogP contribution < -0.4 is 5.32 Å². The molecule has 1 unspecified atom stereocenters. The summed E-state index contributed by atoms with van der Waals surface area (Å²) < 4.78 is 13.0. The van der Waals surface area contributed by atoms with Crippen molar-refractivity contribution in [2.24, 2.45) is 0 Å². The average molecular weight is 329 g/mol. The van der Waals surface area contributed by atoms with Crippen LogP contribution in [0.4, 0.5) is 10.1 Å². The lowest BCUT2D eigenvalue weighted by atomic mass is 9.97. The van der Waals surface area contributed by atoms with Gasteiger partial charge in [0, 0.05) is 12.1 Å². The number of aryl methyl sites for hydroxylation is 2. The van der Waals surface area contributed by atoms with Gasteiger partial charge in [0.25, 0.3) is 0 Å². The lowest BCUT2D eigenvalue weighted by Crippen LogP contribution is -2.16. The number of benzene rings is 2. The number of hydrogen-bond donors (Lipinski definition) is 2. The molecule has 126 valence electrons. The molecule has 1 amide bonds. The highest BCUT2D eigenvalue weighted by molar-refractivity contribution is 5.95. The van der Waals surface area contributed by atoms with Gasteiger partial charge in [0.15, 0.2) is 0 Å². The smallest absolute Gasteiger partial charge is 0.336 e. The van der Waals surface area contributed by atoms with Crippen LogP contribution >= 0.6 is 0 Å². The van der Waals surface area contributed by atoms with E-state index in [1.165, 1.54) is 18.2 Å². The predicted molar refractivity (Wildman–Crippen MR) is 90.9 cm³/mol. The number of hydrogen-bond acceptors (Lipinski definition) is 2. The molecule has 0 saturated carbocycles. The van der Waals surface area contributed by atoms with Crippen LogP contribution in [0, 0.1) is 19.7 Å². The zero-order chi connectivity index (χ0) is 17.9. The van der Waals surface area contributed by atoms with Crippen LogP contribution in [-0.4, -0.2) is 17.0 Å². The first-order valence-electron chi connectivity index (χ1n) is 7.67. The summed E-state index contributed by atoms with van der Waals surface area (Å²) in [6.45, 7) is 5.42. The molecule has 0 fully saturated rings. The number of carboxylic acids is 1. The third-order valence-electron chi connectivity index (χ3n) is 4.01. The van der Waals surface area contributed by atoms with Crippen molar-refractivity contribution in [3.05, 3.63) is 64.5 Å². The van der Waals surface area contributed by atoms with E-state index in [-0.39, 0.29) is 29.6 Å². The highest BCUT2D eigenvalue weighted by atomic mass is 19.1. The Hall–Kier alpha value is -2.69. The van der Waals surface area contributed by atoms with Crippen molar-refractivity contribution in [1.29, 1.82) is 0 Å². The molecule has 0 aromatic heterocycles. The molecule has 24 heavy (non-hydrogen) atoms. The number of aromatic carboxylic acids is 1. The Bertz CT molecular complexity index is 769. The van der Waals surface area contributed by atoms with E-state index in [0.29, 0.717) is 11.3 Å². The molecule has 0 bridgehead atoms. The molecule has 5 heteroatoms. The van der Waals surface area contributed by atoms with Gasteiger partial charge in [0.05, 0.1) is 5.56 Å². The lowest BCUT2D eigenvalue weighted by Gasteiger charge is -2.14. The Kier molecular flexibility index (Phi) is 5.34. The quantitative estimate of drug-likeness (QED) is 0.861. The Labute approximate surface area is 140 Å². The third kappa shape index (κ3) is 4.19.